The second kappa shape index (κ2) is 9.86. The number of piperidine rings is 1. The summed E-state index contributed by atoms with van der Waals surface area (Å²) in [4.78, 5) is 49.1. The molecule has 2 heterocycles. The Kier molecular flexibility index (Phi) is 6.71. The summed E-state index contributed by atoms with van der Waals surface area (Å²) >= 11 is 0. The number of benzene rings is 2. The van der Waals surface area contributed by atoms with Crippen LogP contribution in [0.25, 0.3) is 11.1 Å². The number of nitrogens with one attached hydrogen (secondary N) is 1. The lowest BCUT2D eigenvalue weighted by Crippen LogP contribution is -2.46. The van der Waals surface area contributed by atoms with Crippen molar-refractivity contribution in [2.24, 2.45) is 0 Å². The molecule has 0 radical (unpaired) electrons. The predicted octanol–water partition coefficient (Wildman–Crippen LogP) is 2.84. The Hall–Kier alpha value is -4.02. The molecule has 0 unspecified atom stereocenters. The maximum Gasteiger partial charge on any atom is 0.419 e. The number of aryl methyl sites for hydroxylation is 1. The molecule has 1 aromatic heterocycles. The van der Waals surface area contributed by atoms with Gasteiger partial charge in [-0.2, -0.15) is 0 Å². The number of nitro groups is 1. The summed E-state index contributed by atoms with van der Waals surface area (Å²) in [5.41, 5.74) is 0.799. The monoisotopic (exact) mass is 470 g/mol. The molecule has 178 valence electrons. The van der Waals surface area contributed by atoms with Crippen LogP contribution >= 0.6 is 0 Å². The Morgan fingerprint density at radius 1 is 1.15 bits per heavy atom. The van der Waals surface area contributed by atoms with Crippen LogP contribution in [0.5, 0.6) is 0 Å². The number of nitro benzene ring substituents is 1. The van der Waals surface area contributed by atoms with Crippen molar-refractivity contribution >= 4 is 28.6 Å². The van der Waals surface area contributed by atoms with Gasteiger partial charge in [-0.1, -0.05) is 0 Å². The highest BCUT2D eigenvalue weighted by molar-refractivity contribution is 5.94. The molecule has 3 aromatic rings. The van der Waals surface area contributed by atoms with Crippen molar-refractivity contribution in [2.75, 3.05) is 13.1 Å². The van der Waals surface area contributed by atoms with Crippen molar-refractivity contribution in [1.29, 1.82) is 0 Å². The molecule has 1 saturated heterocycles. The van der Waals surface area contributed by atoms with Crippen LogP contribution < -0.4 is 11.1 Å². The van der Waals surface area contributed by atoms with E-state index in [0.29, 0.717) is 43.4 Å². The van der Waals surface area contributed by atoms with Gasteiger partial charge in [0.2, 0.25) is 5.91 Å². The Morgan fingerprint density at radius 2 is 1.85 bits per heavy atom. The number of amides is 2. The minimum Gasteiger partial charge on any atom is -0.407 e. The number of likely N-dealkylation sites (tertiary alicyclic amines) is 1. The van der Waals surface area contributed by atoms with E-state index in [1.54, 1.807) is 4.90 Å². The highest BCUT2D eigenvalue weighted by Crippen LogP contribution is 2.20. The van der Waals surface area contributed by atoms with E-state index in [2.05, 4.69) is 5.32 Å². The molecule has 2 amide bonds. The molecule has 2 aromatic carbocycles. The molecule has 34 heavy (non-hydrogen) atoms. The van der Waals surface area contributed by atoms with E-state index >= 15 is 0 Å². The van der Waals surface area contributed by atoms with Gasteiger partial charge in [0.1, 0.15) is 5.82 Å². The molecule has 1 N–H and O–H groups in total. The average molecular weight is 470 g/mol. The first-order valence-electron chi connectivity index (χ1n) is 10.9. The minimum absolute atomic E-state index is 0.0419. The van der Waals surface area contributed by atoms with Gasteiger partial charge in [-0.05, 0) is 49.6 Å². The third kappa shape index (κ3) is 5.13. The molecule has 1 aliphatic heterocycles. The molecule has 11 heteroatoms. The van der Waals surface area contributed by atoms with Crippen LogP contribution in [0.15, 0.2) is 51.7 Å². The van der Waals surface area contributed by atoms with Gasteiger partial charge in [0.15, 0.2) is 5.58 Å². The van der Waals surface area contributed by atoms with E-state index in [4.69, 9.17) is 4.42 Å². The summed E-state index contributed by atoms with van der Waals surface area (Å²) in [6.45, 7) is 1.26. The van der Waals surface area contributed by atoms with E-state index < -0.39 is 16.5 Å². The lowest BCUT2D eigenvalue weighted by atomic mass is 10.0. The fourth-order valence-electron chi connectivity index (χ4n) is 4.07. The Bertz CT molecular complexity index is 1270. The first-order valence-corrected chi connectivity index (χ1v) is 10.9. The SMILES string of the molecule is O=C(NC1CCN(C(=O)CCCn2c(=O)oc3cc([N+](=O)[O-])ccc32)CC1)c1ccc(F)cc1. The third-order valence-corrected chi connectivity index (χ3v) is 5.92. The van der Waals surface area contributed by atoms with Crippen molar-refractivity contribution in [3.05, 3.63) is 74.5 Å². The molecule has 0 spiro atoms. The minimum atomic E-state index is -0.624. The molecule has 0 atom stereocenters. The molecule has 0 bridgehead atoms. The fourth-order valence-corrected chi connectivity index (χ4v) is 4.07. The Labute approximate surface area is 193 Å². The Balaban J connectivity index is 1.25. The van der Waals surface area contributed by atoms with Crippen molar-refractivity contribution < 1.29 is 23.3 Å². The molecule has 10 nitrogen and oxygen atoms in total. The van der Waals surface area contributed by atoms with Crippen molar-refractivity contribution in [2.45, 2.75) is 38.3 Å². The van der Waals surface area contributed by atoms with Gasteiger partial charge in [0, 0.05) is 43.7 Å². The van der Waals surface area contributed by atoms with Gasteiger partial charge < -0.3 is 14.6 Å². The number of oxazole rings is 1. The van der Waals surface area contributed by atoms with Crippen molar-refractivity contribution in [3.8, 4) is 0 Å². The van der Waals surface area contributed by atoms with Crippen LogP contribution in [-0.2, 0) is 11.3 Å². The summed E-state index contributed by atoms with van der Waals surface area (Å²) in [6.07, 6.45) is 1.87. The standard InChI is InChI=1S/C23H23FN4O6/c24-16-5-3-15(4-6-16)22(30)25-17-9-12-26(13-10-17)21(29)2-1-11-27-19-8-7-18(28(32)33)14-20(19)34-23(27)31/h3-8,14,17H,1-2,9-13H2,(H,25,30). The van der Waals surface area contributed by atoms with E-state index in [9.17, 15) is 28.9 Å². The van der Waals surface area contributed by atoms with Crippen LogP contribution in [0.4, 0.5) is 10.1 Å². The van der Waals surface area contributed by atoms with Crippen LogP contribution in [0.1, 0.15) is 36.0 Å². The zero-order valence-electron chi connectivity index (χ0n) is 18.2. The number of fused-ring (bicyclic) bond motifs is 1. The molecule has 0 saturated carbocycles. The quantitative estimate of drug-likeness (QED) is 0.418. The molecular formula is C23H23FN4O6. The number of nitrogens with zero attached hydrogens (tertiary/aromatic N) is 3. The fraction of sp³-hybridized carbons (Fsp3) is 0.348. The van der Waals surface area contributed by atoms with Gasteiger partial charge in [-0.15, -0.1) is 0 Å². The number of aromatic nitrogens is 1. The molecule has 1 fully saturated rings. The van der Waals surface area contributed by atoms with E-state index in [1.165, 1.54) is 47.0 Å². The smallest absolute Gasteiger partial charge is 0.407 e. The van der Waals surface area contributed by atoms with Crippen LogP contribution in [-0.4, -0.2) is 45.3 Å². The zero-order chi connectivity index (χ0) is 24.2. The highest BCUT2D eigenvalue weighted by atomic mass is 19.1. The van der Waals surface area contributed by atoms with Gasteiger partial charge in [0.05, 0.1) is 16.5 Å². The maximum atomic E-state index is 13.0. The largest absolute Gasteiger partial charge is 0.419 e. The average Bonchev–Trinajstić information content (AvgIpc) is 3.14. The molecule has 4 rings (SSSR count). The summed E-state index contributed by atoms with van der Waals surface area (Å²) < 4.78 is 19.5. The van der Waals surface area contributed by atoms with Crippen molar-refractivity contribution in [3.63, 3.8) is 0 Å². The Morgan fingerprint density at radius 3 is 2.53 bits per heavy atom. The predicted molar refractivity (Wildman–Crippen MR) is 120 cm³/mol. The lowest BCUT2D eigenvalue weighted by Gasteiger charge is -2.32. The molecule has 1 aliphatic rings. The lowest BCUT2D eigenvalue weighted by molar-refractivity contribution is -0.384. The molecular weight excluding hydrogens is 447 g/mol. The first kappa shape index (κ1) is 23.1. The van der Waals surface area contributed by atoms with Crippen LogP contribution in [0.3, 0.4) is 0 Å². The second-order valence-corrected chi connectivity index (χ2v) is 8.17. The van der Waals surface area contributed by atoms with E-state index in [1.807, 2.05) is 0 Å². The zero-order valence-corrected chi connectivity index (χ0v) is 18.2. The van der Waals surface area contributed by atoms with Crippen molar-refractivity contribution in [1.82, 2.24) is 14.8 Å². The number of halogens is 1. The number of hydrogen-bond donors (Lipinski definition) is 1. The number of rotatable bonds is 7. The van der Waals surface area contributed by atoms with Crippen LogP contribution in [0.2, 0.25) is 0 Å². The number of hydrogen-bond acceptors (Lipinski definition) is 6. The summed E-state index contributed by atoms with van der Waals surface area (Å²) in [7, 11) is 0. The summed E-state index contributed by atoms with van der Waals surface area (Å²) in [5.74, 6) is -1.34. The van der Waals surface area contributed by atoms with E-state index in [0.717, 1.165) is 0 Å². The van der Waals surface area contributed by atoms with Gasteiger partial charge in [0.25, 0.3) is 11.6 Å². The summed E-state index contributed by atoms with van der Waals surface area (Å²) in [6, 6.07) is 9.24. The van der Waals surface area contributed by atoms with Gasteiger partial charge >= 0.3 is 5.76 Å². The van der Waals surface area contributed by atoms with Crippen LogP contribution in [0, 0.1) is 15.9 Å². The van der Waals surface area contributed by atoms with Gasteiger partial charge in [-0.3, -0.25) is 24.3 Å². The normalized spacial score (nSPS) is 14.3. The second-order valence-electron chi connectivity index (χ2n) is 8.17. The molecule has 0 aliphatic carbocycles. The maximum absolute atomic E-state index is 13.0. The third-order valence-electron chi connectivity index (χ3n) is 5.92. The number of carbonyl (C=O) groups excluding carboxylic acids is 2. The number of carbonyl (C=O) groups is 2. The van der Waals surface area contributed by atoms with Gasteiger partial charge in [-0.25, -0.2) is 9.18 Å². The summed E-state index contributed by atoms with van der Waals surface area (Å²) in [5, 5.41) is 13.8. The topological polar surface area (TPSA) is 128 Å². The highest BCUT2D eigenvalue weighted by Gasteiger charge is 2.24. The number of non-ortho nitro benzene ring substituents is 1. The first-order chi connectivity index (χ1) is 16.3. The van der Waals surface area contributed by atoms with E-state index in [-0.39, 0.29) is 42.1 Å².